The van der Waals surface area contributed by atoms with Crippen LogP contribution in [0.1, 0.15) is 0 Å². The SMILES string of the molecule is O=C(CSc1ccc2c(c1)OCCO2)N1CCN(C(=O)[C@@H]2COc3ccccc3O2)CC1. The molecule has 9 heteroatoms. The Morgan fingerprint density at radius 3 is 2.34 bits per heavy atom. The van der Waals surface area contributed by atoms with Crippen molar-refractivity contribution in [1.82, 2.24) is 9.80 Å². The molecule has 2 aromatic rings. The monoisotopic (exact) mass is 456 g/mol. The molecule has 2 aromatic carbocycles. The summed E-state index contributed by atoms with van der Waals surface area (Å²) in [7, 11) is 0. The van der Waals surface area contributed by atoms with Gasteiger partial charge in [-0.05, 0) is 30.3 Å². The van der Waals surface area contributed by atoms with E-state index in [2.05, 4.69) is 0 Å². The summed E-state index contributed by atoms with van der Waals surface area (Å²) in [5.41, 5.74) is 0. The van der Waals surface area contributed by atoms with Crippen molar-refractivity contribution < 1.29 is 28.5 Å². The summed E-state index contributed by atoms with van der Waals surface area (Å²) >= 11 is 1.47. The Kier molecular flexibility index (Phi) is 5.98. The van der Waals surface area contributed by atoms with Crippen molar-refractivity contribution in [2.45, 2.75) is 11.0 Å². The molecular weight excluding hydrogens is 432 g/mol. The first-order valence-corrected chi connectivity index (χ1v) is 11.6. The first-order valence-electron chi connectivity index (χ1n) is 10.6. The predicted octanol–water partition coefficient (Wildman–Crippen LogP) is 2.06. The Morgan fingerprint density at radius 1 is 0.844 bits per heavy atom. The van der Waals surface area contributed by atoms with Gasteiger partial charge in [-0.25, -0.2) is 0 Å². The third kappa shape index (κ3) is 4.43. The molecule has 5 rings (SSSR count). The number of hydrogen-bond donors (Lipinski definition) is 0. The van der Waals surface area contributed by atoms with E-state index in [1.807, 2.05) is 41.3 Å². The van der Waals surface area contributed by atoms with Crippen molar-refractivity contribution in [3.63, 3.8) is 0 Å². The van der Waals surface area contributed by atoms with Crippen molar-refractivity contribution >= 4 is 23.6 Å². The maximum atomic E-state index is 12.9. The fourth-order valence-corrected chi connectivity index (χ4v) is 4.70. The number of fused-ring (bicyclic) bond motifs is 2. The minimum atomic E-state index is -0.655. The topological polar surface area (TPSA) is 77.5 Å². The number of ether oxygens (including phenoxy) is 4. The van der Waals surface area contributed by atoms with Crippen LogP contribution in [0.2, 0.25) is 0 Å². The van der Waals surface area contributed by atoms with Crippen LogP contribution in [0.5, 0.6) is 23.0 Å². The molecule has 3 aliphatic rings. The number of nitrogens with zero attached hydrogens (tertiary/aromatic N) is 2. The van der Waals surface area contributed by atoms with E-state index in [0.29, 0.717) is 56.6 Å². The van der Waals surface area contributed by atoms with Gasteiger partial charge in [0.05, 0.1) is 5.75 Å². The normalized spacial score (nSPS) is 19.4. The smallest absolute Gasteiger partial charge is 0.267 e. The van der Waals surface area contributed by atoms with E-state index in [4.69, 9.17) is 18.9 Å². The predicted molar refractivity (Wildman–Crippen MR) is 118 cm³/mol. The summed E-state index contributed by atoms with van der Waals surface area (Å²) in [6.07, 6.45) is -0.655. The Labute approximate surface area is 190 Å². The number of rotatable bonds is 4. The molecule has 0 aromatic heterocycles. The Morgan fingerprint density at radius 2 is 1.53 bits per heavy atom. The number of piperazine rings is 1. The summed E-state index contributed by atoms with van der Waals surface area (Å²) in [5.74, 6) is 3.00. The average molecular weight is 457 g/mol. The zero-order valence-corrected chi connectivity index (χ0v) is 18.3. The molecule has 0 saturated carbocycles. The van der Waals surface area contributed by atoms with E-state index in [1.165, 1.54) is 11.8 Å². The van der Waals surface area contributed by atoms with Crippen molar-refractivity contribution in [2.75, 3.05) is 51.8 Å². The first-order chi connectivity index (χ1) is 15.7. The van der Waals surface area contributed by atoms with Crippen molar-refractivity contribution in [2.24, 2.45) is 0 Å². The minimum absolute atomic E-state index is 0.0585. The van der Waals surface area contributed by atoms with Gasteiger partial charge in [-0.1, -0.05) is 12.1 Å². The van der Waals surface area contributed by atoms with Gasteiger partial charge in [0.15, 0.2) is 23.0 Å². The lowest BCUT2D eigenvalue weighted by Crippen LogP contribution is -2.55. The van der Waals surface area contributed by atoms with Gasteiger partial charge in [-0.3, -0.25) is 9.59 Å². The van der Waals surface area contributed by atoms with Gasteiger partial charge in [0, 0.05) is 31.1 Å². The van der Waals surface area contributed by atoms with Crippen LogP contribution in [0.3, 0.4) is 0 Å². The zero-order chi connectivity index (χ0) is 21.9. The number of benzene rings is 2. The molecule has 0 unspecified atom stereocenters. The quantitative estimate of drug-likeness (QED) is 0.652. The van der Waals surface area contributed by atoms with E-state index in [1.54, 1.807) is 11.0 Å². The second-order valence-corrected chi connectivity index (χ2v) is 8.71. The lowest BCUT2D eigenvalue weighted by molar-refractivity contribution is -0.145. The first kappa shape index (κ1) is 20.8. The van der Waals surface area contributed by atoms with Crippen LogP contribution in [0.15, 0.2) is 47.4 Å². The molecule has 2 amide bonds. The number of thioether (sulfide) groups is 1. The molecule has 0 N–H and O–H groups in total. The molecule has 3 aliphatic heterocycles. The largest absolute Gasteiger partial charge is 0.486 e. The summed E-state index contributed by atoms with van der Waals surface area (Å²) in [4.78, 5) is 30.1. The van der Waals surface area contributed by atoms with Gasteiger partial charge in [0.25, 0.3) is 5.91 Å². The van der Waals surface area contributed by atoms with Crippen molar-refractivity contribution in [3.05, 3.63) is 42.5 Å². The van der Waals surface area contributed by atoms with Gasteiger partial charge >= 0.3 is 0 Å². The number of hydrogen-bond acceptors (Lipinski definition) is 7. The molecule has 0 spiro atoms. The van der Waals surface area contributed by atoms with Crippen LogP contribution >= 0.6 is 11.8 Å². The summed E-state index contributed by atoms with van der Waals surface area (Å²) < 4.78 is 22.6. The lowest BCUT2D eigenvalue weighted by Gasteiger charge is -2.37. The number of carbonyl (C=O) groups excluding carboxylic acids is 2. The van der Waals surface area contributed by atoms with Crippen LogP contribution in [0.25, 0.3) is 0 Å². The summed E-state index contributed by atoms with van der Waals surface area (Å²) in [6.45, 7) is 3.28. The molecule has 32 heavy (non-hydrogen) atoms. The lowest BCUT2D eigenvalue weighted by atomic mass is 10.2. The standard InChI is InChI=1S/C23H24N2O6S/c26-22(15-32-16-5-6-18-20(13-16)29-12-11-28-18)24-7-9-25(10-8-24)23(27)21-14-30-17-3-1-2-4-19(17)31-21/h1-6,13,21H,7-12,14-15H2/t21-/m0/s1. The fraction of sp³-hybridized carbons (Fsp3) is 0.391. The third-order valence-electron chi connectivity index (χ3n) is 5.60. The summed E-state index contributed by atoms with van der Waals surface area (Å²) in [5, 5.41) is 0. The molecule has 0 aliphatic carbocycles. The average Bonchev–Trinajstić information content (AvgIpc) is 2.86. The highest BCUT2D eigenvalue weighted by Crippen LogP contribution is 2.34. The molecule has 1 atom stereocenters. The van der Waals surface area contributed by atoms with Gasteiger partial charge < -0.3 is 28.7 Å². The Bertz CT molecular complexity index is 1010. The number of amides is 2. The highest BCUT2D eigenvalue weighted by atomic mass is 32.2. The second kappa shape index (κ2) is 9.20. The van der Waals surface area contributed by atoms with Crippen LogP contribution < -0.4 is 18.9 Å². The number of para-hydroxylation sites is 2. The molecule has 168 valence electrons. The number of carbonyl (C=O) groups is 2. The molecule has 1 fully saturated rings. The van der Waals surface area contributed by atoms with E-state index in [-0.39, 0.29) is 18.4 Å². The molecule has 0 radical (unpaired) electrons. The molecular formula is C23H24N2O6S. The Hall–Kier alpha value is -3.07. The van der Waals surface area contributed by atoms with Gasteiger partial charge in [-0.2, -0.15) is 0 Å². The third-order valence-corrected chi connectivity index (χ3v) is 6.58. The second-order valence-electron chi connectivity index (χ2n) is 7.66. The van der Waals surface area contributed by atoms with Crippen LogP contribution in [0.4, 0.5) is 0 Å². The van der Waals surface area contributed by atoms with Gasteiger partial charge in [-0.15, -0.1) is 11.8 Å². The van der Waals surface area contributed by atoms with E-state index < -0.39 is 6.10 Å². The van der Waals surface area contributed by atoms with Crippen LogP contribution in [-0.2, 0) is 9.59 Å². The van der Waals surface area contributed by atoms with E-state index >= 15 is 0 Å². The molecule has 3 heterocycles. The highest BCUT2D eigenvalue weighted by molar-refractivity contribution is 8.00. The minimum Gasteiger partial charge on any atom is -0.486 e. The molecule has 1 saturated heterocycles. The zero-order valence-electron chi connectivity index (χ0n) is 17.5. The maximum Gasteiger partial charge on any atom is 0.267 e. The van der Waals surface area contributed by atoms with Crippen LogP contribution in [0, 0.1) is 0 Å². The van der Waals surface area contributed by atoms with E-state index in [9.17, 15) is 9.59 Å². The highest BCUT2D eigenvalue weighted by Gasteiger charge is 2.33. The molecule has 8 nitrogen and oxygen atoms in total. The van der Waals surface area contributed by atoms with Gasteiger partial charge in [0.2, 0.25) is 12.0 Å². The van der Waals surface area contributed by atoms with Crippen molar-refractivity contribution in [3.8, 4) is 23.0 Å². The van der Waals surface area contributed by atoms with E-state index in [0.717, 1.165) is 16.4 Å². The fourth-order valence-electron chi connectivity index (χ4n) is 3.87. The maximum absolute atomic E-state index is 12.9. The summed E-state index contributed by atoms with van der Waals surface area (Å²) in [6, 6.07) is 13.1. The van der Waals surface area contributed by atoms with Gasteiger partial charge in [0.1, 0.15) is 19.8 Å². The van der Waals surface area contributed by atoms with Crippen LogP contribution in [-0.4, -0.2) is 79.5 Å². The van der Waals surface area contributed by atoms with Crippen molar-refractivity contribution in [1.29, 1.82) is 0 Å². The Balaban J connectivity index is 1.10. The molecule has 0 bridgehead atoms.